The van der Waals surface area contributed by atoms with E-state index in [1.54, 1.807) is 13.8 Å². The lowest BCUT2D eigenvalue weighted by Crippen LogP contribution is -2.56. The van der Waals surface area contributed by atoms with Crippen LogP contribution in [-0.2, 0) is 11.0 Å². The molecule has 2 rings (SSSR count). The predicted molar refractivity (Wildman–Crippen MR) is 90.0 cm³/mol. The zero-order chi connectivity index (χ0) is 20.6. The van der Waals surface area contributed by atoms with Gasteiger partial charge in [-0.2, -0.15) is 18.4 Å². The third kappa shape index (κ3) is 3.27. The average molecular weight is 384 g/mol. The lowest BCUT2D eigenvalue weighted by molar-refractivity contribution is -0.154. The number of hydrogen-bond acceptors (Lipinski definition) is 3. The maximum Gasteiger partial charge on any atom is 0.416 e. The molecule has 1 aliphatic rings. The second-order valence-electron chi connectivity index (χ2n) is 6.62. The van der Waals surface area contributed by atoms with E-state index in [2.05, 4.69) is 5.32 Å². The van der Waals surface area contributed by atoms with Gasteiger partial charge in [0.05, 0.1) is 22.6 Å². The van der Waals surface area contributed by atoms with Crippen LogP contribution in [0.15, 0.2) is 29.5 Å². The first-order valence-corrected chi connectivity index (χ1v) is 8.51. The number of allylic oxidation sites excluding steroid dienone is 2. The van der Waals surface area contributed by atoms with Gasteiger partial charge < -0.3 is 10.4 Å². The molecule has 146 valence electrons. The monoisotopic (exact) mass is 384 g/mol. The number of hydrogen-bond donors (Lipinski definition) is 2. The molecule has 4 nitrogen and oxygen atoms in total. The fraction of sp³-hybridized carbons (Fsp3) is 0.474. The molecule has 3 atom stereocenters. The second kappa shape index (κ2) is 7.22. The van der Waals surface area contributed by atoms with Crippen LogP contribution < -0.4 is 5.32 Å². The molecule has 3 unspecified atom stereocenters. The minimum absolute atomic E-state index is 0.00829. The fourth-order valence-electron chi connectivity index (χ4n) is 4.09. The quantitative estimate of drug-likeness (QED) is 0.745. The first kappa shape index (κ1) is 20.7. The number of aliphatic carboxylic acids is 1. The number of nitrogens with zero attached hydrogens (tertiary/aromatic N) is 1. The maximum atomic E-state index is 13.6. The summed E-state index contributed by atoms with van der Waals surface area (Å²) in [5, 5.41) is 22.6. The molecule has 0 aliphatic carbocycles. The number of rotatable bonds is 4. The standard InChI is InChI=1S/C19H20F4N2O2/c1-4-15-18(5-2,17(26)27)16(13(9-24)10(3)25-15)12-7-6-11(20)8-14(12)19(21,22)23/h6-8,15-16,25H,4-5H2,1-3H3,(H,26,27). The van der Waals surface area contributed by atoms with E-state index in [1.165, 1.54) is 6.92 Å². The third-order valence-corrected chi connectivity index (χ3v) is 5.36. The molecular formula is C19H20F4N2O2. The number of alkyl halides is 3. The van der Waals surface area contributed by atoms with Crippen molar-refractivity contribution in [2.75, 3.05) is 0 Å². The molecule has 2 N–H and O–H groups in total. The van der Waals surface area contributed by atoms with Crippen LogP contribution in [0.2, 0.25) is 0 Å². The number of nitriles is 1. The number of carboxylic acids is 1. The molecular weight excluding hydrogens is 364 g/mol. The first-order valence-electron chi connectivity index (χ1n) is 8.51. The fourth-order valence-corrected chi connectivity index (χ4v) is 4.09. The number of benzene rings is 1. The van der Waals surface area contributed by atoms with E-state index in [4.69, 9.17) is 0 Å². The van der Waals surface area contributed by atoms with Crippen molar-refractivity contribution in [2.24, 2.45) is 5.41 Å². The van der Waals surface area contributed by atoms with Crippen LogP contribution in [0.5, 0.6) is 0 Å². The van der Waals surface area contributed by atoms with E-state index in [0.717, 1.165) is 12.1 Å². The topological polar surface area (TPSA) is 73.1 Å². The molecule has 1 aromatic carbocycles. The molecule has 8 heteroatoms. The summed E-state index contributed by atoms with van der Waals surface area (Å²) < 4.78 is 54.4. The van der Waals surface area contributed by atoms with Gasteiger partial charge in [0.2, 0.25) is 0 Å². The van der Waals surface area contributed by atoms with E-state index < -0.39 is 46.5 Å². The number of carbonyl (C=O) groups is 1. The van der Waals surface area contributed by atoms with Crippen LogP contribution >= 0.6 is 0 Å². The summed E-state index contributed by atoms with van der Waals surface area (Å²) in [6.07, 6.45) is -4.57. The largest absolute Gasteiger partial charge is 0.481 e. The van der Waals surface area contributed by atoms with Gasteiger partial charge in [-0.3, -0.25) is 4.79 Å². The van der Waals surface area contributed by atoms with Crippen molar-refractivity contribution in [3.63, 3.8) is 0 Å². The highest BCUT2D eigenvalue weighted by molar-refractivity contribution is 5.79. The van der Waals surface area contributed by atoms with Crippen molar-refractivity contribution in [3.8, 4) is 6.07 Å². The molecule has 27 heavy (non-hydrogen) atoms. The maximum absolute atomic E-state index is 13.6. The van der Waals surface area contributed by atoms with Crippen LogP contribution in [0.4, 0.5) is 17.6 Å². The van der Waals surface area contributed by atoms with Crippen LogP contribution in [0.1, 0.15) is 50.7 Å². The van der Waals surface area contributed by atoms with Crippen molar-refractivity contribution in [3.05, 3.63) is 46.4 Å². The minimum atomic E-state index is -4.89. The molecule has 0 radical (unpaired) electrons. The van der Waals surface area contributed by atoms with E-state index >= 15 is 0 Å². The Morgan fingerprint density at radius 2 is 2.00 bits per heavy atom. The van der Waals surface area contributed by atoms with Crippen molar-refractivity contribution in [1.82, 2.24) is 5.32 Å². The Morgan fingerprint density at radius 1 is 1.37 bits per heavy atom. The first-order chi connectivity index (χ1) is 12.5. The SMILES string of the molecule is CCC1NC(C)=C(C#N)C(c2ccc(F)cc2C(F)(F)F)C1(CC)C(=O)O. The third-order valence-electron chi connectivity index (χ3n) is 5.36. The molecule has 0 aromatic heterocycles. The summed E-state index contributed by atoms with van der Waals surface area (Å²) in [7, 11) is 0. The number of nitrogens with one attached hydrogen (secondary N) is 1. The Bertz CT molecular complexity index is 826. The normalized spacial score (nSPS) is 25.7. The van der Waals surface area contributed by atoms with Crippen molar-refractivity contribution in [2.45, 2.75) is 51.7 Å². The lowest BCUT2D eigenvalue weighted by atomic mass is 9.59. The Kier molecular flexibility index (Phi) is 5.55. The van der Waals surface area contributed by atoms with Crippen LogP contribution in [-0.4, -0.2) is 17.1 Å². The Hall–Kier alpha value is -2.56. The summed E-state index contributed by atoms with van der Waals surface area (Å²) in [5.41, 5.74) is -3.09. The van der Waals surface area contributed by atoms with Gasteiger partial charge in [0.1, 0.15) is 5.82 Å². The average Bonchev–Trinajstić information content (AvgIpc) is 2.59. The number of halogens is 4. The van der Waals surface area contributed by atoms with Crippen molar-refractivity contribution >= 4 is 5.97 Å². The zero-order valence-corrected chi connectivity index (χ0v) is 15.1. The molecule has 1 aromatic rings. The van der Waals surface area contributed by atoms with Gasteiger partial charge in [-0.05, 0) is 37.5 Å². The predicted octanol–water partition coefficient (Wildman–Crippen LogP) is 4.59. The Balaban J connectivity index is 2.94. The Labute approximate surface area is 154 Å². The van der Waals surface area contributed by atoms with Crippen molar-refractivity contribution < 1.29 is 27.5 Å². The van der Waals surface area contributed by atoms with Crippen LogP contribution in [0.3, 0.4) is 0 Å². The highest BCUT2D eigenvalue weighted by Gasteiger charge is 2.56. The van der Waals surface area contributed by atoms with Gasteiger partial charge in [0, 0.05) is 17.7 Å². The molecule has 1 aliphatic heterocycles. The molecule has 1 heterocycles. The summed E-state index contributed by atoms with van der Waals surface area (Å²) in [4.78, 5) is 12.3. The molecule has 0 saturated heterocycles. The highest BCUT2D eigenvalue weighted by atomic mass is 19.4. The van der Waals surface area contributed by atoms with Gasteiger partial charge in [0.15, 0.2) is 0 Å². The zero-order valence-electron chi connectivity index (χ0n) is 15.1. The van der Waals surface area contributed by atoms with Gasteiger partial charge in [-0.1, -0.05) is 19.9 Å². The summed E-state index contributed by atoms with van der Waals surface area (Å²) >= 11 is 0. The second-order valence-corrected chi connectivity index (χ2v) is 6.62. The van der Waals surface area contributed by atoms with Crippen molar-refractivity contribution in [1.29, 1.82) is 5.26 Å². The molecule has 0 fully saturated rings. The van der Waals surface area contributed by atoms with Gasteiger partial charge in [0.25, 0.3) is 0 Å². The van der Waals surface area contributed by atoms with Crippen LogP contribution in [0.25, 0.3) is 0 Å². The van der Waals surface area contributed by atoms with Crippen LogP contribution in [0, 0.1) is 22.6 Å². The smallest absolute Gasteiger partial charge is 0.416 e. The van der Waals surface area contributed by atoms with Gasteiger partial charge >= 0.3 is 12.1 Å². The summed E-state index contributed by atoms with van der Waals surface area (Å²) in [6, 6.07) is 3.35. The molecule has 0 bridgehead atoms. The van der Waals surface area contributed by atoms with E-state index in [0.29, 0.717) is 18.2 Å². The highest BCUT2D eigenvalue weighted by Crippen LogP contribution is 2.53. The summed E-state index contributed by atoms with van der Waals surface area (Å²) in [6.45, 7) is 4.83. The Morgan fingerprint density at radius 3 is 2.44 bits per heavy atom. The van der Waals surface area contributed by atoms with E-state index in [-0.39, 0.29) is 12.0 Å². The number of carboxylic acid groups (broad SMARTS) is 1. The molecule has 0 spiro atoms. The van der Waals surface area contributed by atoms with E-state index in [1.807, 2.05) is 6.07 Å². The molecule has 0 amide bonds. The minimum Gasteiger partial charge on any atom is -0.481 e. The van der Waals surface area contributed by atoms with Gasteiger partial charge in [-0.25, -0.2) is 4.39 Å². The van der Waals surface area contributed by atoms with Gasteiger partial charge in [-0.15, -0.1) is 0 Å². The lowest BCUT2D eigenvalue weighted by Gasteiger charge is -2.47. The van der Waals surface area contributed by atoms with E-state index in [9.17, 15) is 32.7 Å². The molecule has 0 saturated carbocycles. The summed E-state index contributed by atoms with van der Waals surface area (Å²) in [5.74, 6) is -3.73.